The van der Waals surface area contributed by atoms with Gasteiger partial charge in [0, 0.05) is 18.6 Å². The minimum atomic E-state index is -3.54. The zero-order valence-corrected chi connectivity index (χ0v) is 12.5. The van der Waals surface area contributed by atoms with Crippen molar-refractivity contribution in [3.05, 3.63) is 34.9 Å². The molecule has 1 aromatic carbocycles. The monoisotopic (exact) mass is 306 g/mol. The average molecular weight is 307 g/mol. The number of thiocarbonyl (C=S) groups is 1. The van der Waals surface area contributed by atoms with Crippen LogP contribution in [0.4, 0.5) is 0 Å². The quantitative estimate of drug-likeness (QED) is 0.842. The molecule has 4 nitrogen and oxygen atoms in total. The van der Waals surface area contributed by atoms with E-state index in [-0.39, 0.29) is 11.5 Å². The largest absolute Gasteiger partial charge is 0.392 e. The third kappa shape index (κ3) is 3.41. The molecule has 18 heavy (non-hydrogen) atoms. The molecule has 0 heterocycles. The standard InChI is InChI=1S/C11H15ClN2O2S2/c1-8(11(13)17)18(15,16)14(2)7-9-5-3-4-6-10(9)12/h3-6,8H,7H2,1-2H3,(H2,13,17). The predicted molar refractivity (Wildman–Crippen MR) is 78.1 cm³/mol. The summed E-state index contributed by atoms with van der Waals surface area (Å²) >= 11 is 10.7. The van der Waals surface area contributed by atoms with Crippen LogP contribution < -0.4 is 5.73 Å². The molecule has 100 valence electrons. The van der Waals surface area contributed by atoms with Crippen molar-refractivity contribution in [2.75, 3.05) is 7.05 Å². The molecule has 0 aromatic heterocycles. The minimum Gasteiger partial charge on any atom is -0.392 e. The number of nitrogens with zero attached hydrogens (tertiary/aromatic N) is 1. The van der Waals surface area contributed by atoms with E-state index in [0.29, 0.717) is 5.02 Å². The Morgan fingerprint density at radius 2 is 2.06 bits per heavy atom. The van der Waals surface area contributed by atoms with E-state index in [2.05, 4.69) is 0 Å². The van der Waals surface area contributed by atoms with Crippen molar-refractivity contribution in [1.29, 1.82) is 0 Å². The van der Waals surface area contributed by atoms with Crippen LogP contribution in [-0.4, -0.2) is 30.0 Å². The van der Waals surface area contributed by atoms with E-state index in [1.54, 1.807) is 24.3 Å². The van der Waals surface area contributed by atoms with Gasteiger partial charge in [-0.05, 0) is 18.6 Å². The lowest BCUT2D eigenvalue weighted by Crippen LogP contribution is -2.40. The van der Waals surface area contributed by atoms with E-state index < -0.39 is 15.3 Å². The highest BCUT2D eigenvalue weighted by Gasteiger charge is 2.28. The molecule has 0 bridgehead atoms. The van der Waals surface area contributed by atoms with Gasteiger partial charge in [-0.15, -0.1) is 0 Å². The summed E-state index contributed by atoms with van der Waals surface area (Å²) in [5, 5.41) is -0.359. The summed E-state index contributed by atoms with van der Waals surface area (Å²) in [6.07, 6.45) is 0. The normalized spacial score (nSPS) is 13.6. The van der Waals surface area contributed by atoms with E-state index in [1.807, 2.05) is 0 Å². The number of benzene rings is 1. The van der Waals surface area contributed by atoms with E-state index in [0.717, 1.165) is 5.56 Å². The molecule has 0 aliphatic heterocycles. The van der Waals surface area contributed by atoms with E-state index >= 15 is 0 Å². The Kier molecular flexibility index (Phi) is 5.10. The summed E-state index contributed by atoms with van der Waals surface area (Å²) in [4.78, 5) is -0.0407. The molecule has 0 spiro atoms. The molecule has 0 saturated heterocycles. The summed E-state index contributed by atoms with van der Waals surface area (Å²) in [7, 11) is -2.07. The maximum atomic E-state index is 12.1. The summed E-state index contributed by atoms with van der Waals surface area (Å²) in [6, 6.07) is 7.09. The summed E-state index contributed by atoms with van der Waals surface area (Å²) in [6.45, 7) is 1.66. The maximum Gasteiger partial charge on any atom is 0.223 e. The van der Waals surface area contributed by atoms with Crippen molar-refractivity contribution in [3.8, 4) is 0 Å². The number of halogens is 1. The second-order valence-electron chi connectivity index (χ2n) is 3.94. The van der Waals surface area contributed by atoms with Gasteiger partial charge in [-0.2, -0.15) is 4.31 Å². The molecular weight excluding hydrogens is 292 g/mol. The molecule has 0 amide bonds. The third-order valence-corrected chi connectivity index (χ3v) is 5.65. The second kappa shape index (κ2) is 5.97. The van der Waals surface area contributed by atoms with Crippen LogP contribution in [0.15, 0.2) is 24.3 Å². The van der Waals surface area contributed by atoms with Crippen LogP contribution in [-0.2, 0) is 16.6 Å². The Bertz CT molecular complexity index is 546. The third-order valence-electron chi connectivity index (χ3n) is 2.63. The van der Waals surface area contributed by atoms with Gasteiger partial charge in [-0.1, -0.05) is 42.0 Å². The number of sulfonamides is 1. The van der Waals surface area contributed by atoms with Crippen LogP contribution in [0.1, 0.15) is 12.5 Å². The Hall–Kier alpha value is -0.690. The Morgan fingerprint density at radius 3 is 2.56 bits per heavy atom. The second-order valence-corrected chi connectivity index (χ2v) is 7.18. The van der Waals surface area contributed by atoms with Gasteiger partial charge < -0.3 is 5.73 Å². The predicted octanol–water partition coefficient (Wildman–Crippen LogP) is 1.78. The average Bonchev–Trinajstić information content (AvgIpc) is 2.30. The highest BCUT2D eigenvalue weighted by molar-refractivity contribution is 7.92. The first-order chi connectivity index (χ1) is 8.26. The highest BCUT2D eigenvalue weighted by atomic mass is 35.5. The van der Waals surface area contributed by atoms with E-state index in [4.69, 9.17) is 29.6 Å². The molecule has 2 N–H and O–H groups in total. The van der Waals surface area contributed by atoms with Crippen molar-refractivity contribution in [2.45, 2.75) is 18.7 Å². The summed E-state index contributed by atoms with van der Waals surface area (Å²) < 4.78 is 25.4. The molecule has 1 aromatic rings. The first-order valence-electron chi connectivity index (χ1n) is 5.24. The maximum absolute atomic E-state index is 12.1. The van der Waals surface area contributed by atoms with Crippen LogP contribution in [0.25, 0.3) is 0 Å². The fraction of sp³-hybridized carbons (Fsp3) is 0.364. The van der Waals surface area contributed by atoms with Gasteiger partial charge >= 0.3 is 0 Å². The zero-order chi connectivity index (χ0) is 13.9. The first-order valence-corrected chi connectivity index (χ1v) is 7.53. The van der Waals surface area contributed by atoms with Gasteiger partial charge in [0.15, 0.2) is 0 Å². The lowest BCUT2D eigenvalue weighted by Gasteiger charge is -2.21. The molecular formula is C11H15ClN2O2S2. The highest BCUT2D eigenvalue weighted by Crippen LogP contribution is 2.19. The van der Waals surface area contributed by atoms with E-state index in [9.17, 15) is 8.42 Å². The van der Waals surface area contributed by atoms with Crippen molar-refractivity contribution in [1.82, 2.24) is 4.31 Å². The number of rotatable bonds is 5. The van der Waals surface area contributed by atoms with Crippen LogP contribution in [0, 0.1) is 0 Å². The molecule has 0 aliphatic rings. The van der Waals surface area contributed by atoms with Crippen LogP contribution in [0.3, 0.4) is 0 Å². The Morgan fingerprint density at radius 1 is 1.50 bits per heavy atom. The first kappa shape index (κ1) is 15.4. The van der Waals surface area contributed by atoms with Crippen molar-refractivity contribution >= 4 is 38.8 Å². The fourth-order valence-corrected chi connectivity index (χ4v) is 3.09. The van der Waals surface area contributed by atoms with Crippen molar-refractivity contribution < 1.29 is 8.42 Å². The lowest BCUT2D eigenvalue weighted by molar-refractivity contribution is 0.464. The Balaban J connectivity index is 2.93. The van der Waals surface area contributed by atoms with Gasteiger partial charge in [0.05, 0.1) is 4.99 Å². The molecule has 1 atom stereocenters. The van der Waals surface area contributed by atoms with Crippen LogP contribution >= 0.6 is 23.8 Å². The lowest BCUT2D eigenvalue weighted by atomic mass is 10.2. The van der Waals surface area contributed by atoms with Crippen LogP contribution in [0.5, 0.6) is 0 Å². The van der Waals surface area contributed by atoms with Gasteiger partial charge in [-0.3, -0.25) is 0 Å². The SMILES string of the molecule is CC(C(N)=S)S(=O)(=O)N(C)Cc1ccccc1Cl. The van der Waals surface area contributed by atoms with Crippen molar-refractivity contribution in [3.63, 3.8) is 0 Å². The molecule has 0 radical (unpaired) electrons. The molecule has 0 saturated carbocycles. The zero-order valence-electron chi connectivity index (χ0n) is 10.1. The fourth-order valence-electron chi connectivity index (χ4n) is 1.37. The topological polar surface area (TPSA) is 63.4 Å². The smallest absolute Gasteiger partial charge is 0.223 e. The van der Waals surface area contributed by atoms with Crippen LogP contribution in [0.2, 0.25) is 5.02 Å². The molecule has 7 heteroatoms. The molecule has 1 rings (SSSR count). The number of hydrogen-bond donors (Lipinski definition) is 1. The molecule has 0 aliphatic carbocycles. The minimum absolute atomic E-state index is 0.0407. The Labute approximate surface area is 118 Å². The van der Waals surface area contributed by atoms with Gasteiger partial charge in [0.25, 0.3) is 0 Å². The number of nitrogens with two attached hydrogens (primary N) is 1. The van der Waals surface area contributed by atoms with E-state index in [1.165, 1.54) is 18.3 Å². The van der Waals surface area contributed by atoms with Gasteiger partial charge in [0.1, 0.15) is 5.25 Å². The summed E-state index contributed by atoms with van der Waals surface area (Å²) in [5.74, 6) is 0. The van der Waals surface area contributed by atoms with Gasteiger partial charge in [-0.25, -0.2) is 8.42 Å². The van der Waals surface area contributed by atoms with Crippen molar-refractivity contribution in [2.24, 2.45) is 5.73 Å². The molecule has 0 fully saturated rings. The number of hydrogen-bond acceptors (Lipinski definition) is 3. The molecule has 1 unspecified atom stereocenters. The summed E-state index contributed by atoms with van der Waals surface area (Å²) in [5.41, 5.74) is 6.12. The van der Waals surface area contributed by atoms with Gasteiger partial charge in [0.2, 0.25) is 10.0 Å².